The molecule has 1 unspecified atom stereocenters. The largest absolute Gasteiger partial charge is 0.390 e. The zero-order chi connectivity index (χ0) is 25.8. The third kappa shape index (κ3) is 7.30. The van der Waals surface area contributed by atoms with Crippen molar-refractivity contribution in [1.29, 1.82) is 0 Å². The van der Waals surface area contributed by atoms with E-state index in [0.717, 1.165) is 6.07 Å². The molecular weight excluding hydrogens is 507 g/mol. The molecule has 0 radical (unpaired) electrons. The summed E-state index contributed by atoms with van der Waals surface area (Å²) in [4.78, 5) is 26.8. The highest BCUT2D eigenvalue weighted by Gasteiger charge is 2.31. The van der Waals surface area contributed by atoms with Crippen LogP contribution in [0.5, 0.6) is 0 Å². The summed E-state index contributed by atoms with van der Waals surface area (Å²) in [5.74, 6) is -3.49. The number of carbonyl (C=O) groups excluding carboxylic acids is 2. The van der Waals surface area contributed by atoms with E-state index < -0.39 is 35.7 Å². The van der Waals surface area contributed by atoms with E-state index in [1.165, 1.54) is 18.2 Å². The van der Waals surface area contributed by atoms with Gasteiger partial charge in [0, 0.05) is 49.4 Å². The number of amides is 2. The van der Waals surface area contributed by atoms with Crippen molar-refractivity contribution in [2.24, 2.45) is 0 Å². The first-order valence-electron chi connectivity index (χ1n) is 10.8. The molecule has 6 nitrogen and oxygen atoms in total. The Hall–Kier alpha value is -2.92. The van der Waals surface area contributed by atoms with Gasteiger partial charge in [0.05, 0.1) is 23.4 Å². The molecule has 1 atom stereocenters. The van der Waals surface area contributed by atoms with Crippen LogP contribution in [0.4, 0.5) is 33.3 Å². The van der Waals surface area contributed by atoms with Gasteiger partial charge in [0.15, 0.2) is 11.6 Å². The predicted molar refractivity (Wildman–Crippen MR) is 129 cm³/mol. The number of hydrogen-bond acceptors (Lipinski definition) is 4. The highest BCUT2D eigenvalue weighted by molar-refractivity contribution is 6.31. The van der Waals surface area contributed by atoms with Gasteiger partial charge in [-0.3, -0.25) is 14.5 Å². The van der Waals surface area contributed by atoms with Crippen LogP contribution in [0.2, 0.25) is 5.02 Å². The van der Waals surface area contributed by atoms with Gasteiger partial charge in [0.25, 0.3) is 5.91 Å². The minimum Gasteiger partial charge on any atom is -0.367 e. The molecule has 1 saturated heterocycles. The molecule has 0 saturated carbocycles. The van der Waals surface area contributed by atoms with Crippen molar-refractivity contribution in [2.45, 2.75) is 39.5 Å². The summed E-state index contributed by atoms with van der Waals surface area (Å²) in [6, 6.07) is 6.76. The number of nitrogens with zero attached hydrogens (tertiary/aromatic N) is 2. The number of rotatable bonds is 8. The van der Waals surface area contributed by atoms with Crippen LogP contribution in [0.25, 0.3) is 0 Å². The molecule has 1 aliphatic heterocycles. The molecule has 3 rings (SSSR count). The minimum absolute atomic E-state index is 0. The molecule has 12 heteroatoms. The number of carbonyl (C=O) groups is 2. The Kier molecular flexibility index (Phi) is 10.1. The molecule has 36 heavy (non-hydrogen) atoms. The van der Waals surface area contributed by atoms with Gasteiger partial charge in [0.2, 0.25) is 6.41 Å². The Labute approximate surface area is 211 Å². The van der Waals surface area contributed by atoms with Gasteiger partial charge in [0.1, 0.15) is 0 Å². The molecule has 1 aliphatic rings. The van der Waals surface area contributed by atoms with Crippen LogP contribution in [-0.2, 0) is 11.3 Å². The molecular formula is C24H28ClF5N4O2. The van der Waals surface area contributed by atoms with Gasteiger partial charge in [-0.25, -0.2) is 8.78 Å². The van der Waals surface area contributed by atoms with Crippen molar-refractivity contribution in [1.82, 2.24) is 10.2 Å². The van der Waals surface area contributed by atoms with Crippen molar-refractivity contribution in [3.63, 3.8) is 0 Å². The quantitative estimate of drug-likeness (QED) is 0.360. The van der Waals surface area contributed by atoms with Crippen molar-refractivity contribution < 1.29 is 31.5 Å². The first-order chi connectivity index (χ1) is 16.5. The zero-order valence-electron chi connectivity index (χ0n) is 18.8. The highest BCUT2D eigenvalue weighted by atomic mass is 35.5. The van der Waals surface area contributed by atoms with Crippen molar-refractivity contribution in [3.05, 3.63) is 58.1 Å². The number of benzene rings is 2. The summed E-state index contributed by atoms with van der Waals surface area (Å²) < 4.78 is 66.7. The maximum atomic E-state index is 14.5. The Morgan fingerprint density at radius 1 is 1.17 bits per heavy atom. The fraction of sp³-hybridized carbons (Fsp3) is 0.417. The second kappa shape index (κ2) is 12.4. The number of alkyl halides is 3. The SMILES string of the molecule is C.CC1CN(c2cc(Cl)ccc2NC(=O)c2ccc(CNC=O)c(F)c2F)CCN1CCC(F)(F)F. The zero-order valence-corrected chi connectivity index (χ0v) is 19.5. The van der Waals surface area contributed by atoms with Crippen molar-refractivity contribution >= 4 is 35.3 Å². The Balaban J connectivity index is 0.00000456. The van der Waals surface area contributed by atoms with E-state index in [9.17, 15) is 31.5 Å². The van der Waals surface area contributed by atoms with Crippen LogP contribution in [0.1, 0.15) is 36.7 Å². The Morgan fingerprint density at radius 3 is 2.53 bits per heavy atom. The number of anilines is 2. The number of piperazine rings is 1. The van der Waals surface area contributed by atoms with E-state index >= 15 is 0 Å². The summed E-state index contributed by atoms with van der Waals surface area (Å²) in [5.41, 5.74) is 0.169. The van der Waals surface area contributed by atoms with Crippen LogP contribution in [0.3, 0.4) is 0 Å². The third-order valence-electron chi connectivity index (χ3n) is 5.78. The van der Waals surface area contributed by atoms with E-state index in [-0.39, 0.29) is 32.1 Å². The molecule has 198 valence electrons. The lowest BCUT2D eigenvalue weighted by Gasteiger charge is -2.41. The average molecular weight is 535 g/mol. The van der Waals surface area contributed by atoms with Crippen LogP contribution in [-0.4, -0.2) is 55.6 Å². The lowest BCUT2D eigenvalue weighted by Crippen LogP contribution is -2.52. The lowest BCUT2D eigenvalue weighted by molar-refractivity contribution is -0.139. The summed E-state index contributed by atoms with van der Waals surface area (Å²) in [7, 11) is 0. The lowest BCUT2D eigenvalue weighted by atomic mass is 10.1. The van der Waals surface area contributed by atoms with E-state index in [1.54, 1.807) is 11.0 Å². The van der Waals surface area contributed by atoms with Crippen LogP contribution >= 0.6 is 11.6 Å². The minimum atomic E-state index is -4.24. The molecule has 0 bridgehead atoms. The van der Waals surface area contributed by atoms with Crippen LogP contribution in [0.15, 0.2) is 30.3 Å². The molecule has 2 N–H and O–H groups in total. The number of nitrogens with one attached hydrogen (secondary N) is 2. The molecule has 1 fully saturated rings. The summed E-state index contributed by atoms with van der Waals surface area (Å²) >= 11 is 6.14. The maximum absolute atomic E-state index is 14.5. The predicted octanol–water partition coefficient (Wildman–Crippen LogP) is 5.22. The average Bonchev–Trinajstić information content (AvgIpc) is 2.79. The normalized spacial score (nSPS) is 16.3. The molecule has 0 aromatic heterocycles. The van der Waals surface area contributed by atoms with Gasteiger partial charge < -0.3 is 15.5 Å². The van der Waals surface area contributed by atoms with Crippen molar-refractivity contribution in [3.8, 4) is 0 Å². The first kappa shape index (κ1) is 29.3. The van der Waals surface area contributed by atoms with Gasteiger partial charge in [-0.1, -0.05) is 25.1 Å². The smallest absolute Gasteiger partial charge is 0.367 e. The van der Waals surface area contributed by atoms with E-state index in [2.05, 4.69) is 10.6 Å². The standard InChI is InChI=1S/C23H24ClF5N4O2.CH4/c1-14-12-33(9-8-32(14)7-6-23(27,28)29)19-10-16(24)3-5-18(19)31-22(35)17-4-2-15(11-30-13-34)20(25)21(17)26;/h2-5,10,13-14H,6-9,11-12H2,1H3,(H,30,34)(H,31,35);1H4. The maximum Gasteiger partial charge on any atom is 0.390 e. The molecule has 2 aromatic carbocycles. The Bertz CT molecular complexity index is 1080. The van der Waals surface area contributed by atoms with Gasteiger partial charge in [-0.05, 0) is 31.2 Å². The second-order valence-electron chi connectivity index (χ2n) is 8.21. The van der Waals surface area contributed by atoms with Crippen LogP contribution < -0.4 is 15.5 Å². The monoisotopic (exact) mass is 534 g/mol. The summed E-state index contributed by atoms with van der Waals surface area (Å²) in [6.45, 7) is 2.59. The fourth-order valence-electron chi connectivity index (χ4n) is 3.93. The Morgan fingerprint density at radius 2 is 1.89 bits per heavy atom. The summed E-state index contributed by atoms with van der Waals surface area (Å²) in [6.07, 6.45) is -4.79. The van der Waals surface area contributed by atoms with Crippen molar-refractivity contribution in [2.75, 3.05) is 36.4 Å². The van der Waals surface area contributed by atoms with Gasteiger partial charge in [-0.15, -0.1) is 0 Å². The molecule has 2 aromatic rings. The molecule has 0 spiro atoms. The third-order valence-corrected chi connectivity index (χ3v) is 6.01. The van der Waals surface area contributed by atoms with E-state index in [0.29, 0.717) is 42.4 Å². The van der Waals surface area contributed by atoms with E-state index in [1.807, 2.05) is 11.8 Å². The second-order valence-corrected chi connectivity index (χ2v) is 8.65. The van der Waals surface area contributed by atoms with Gasteiger partial charge >= 0.3 is 6.18 Å². The topological polar surface area (TPSA) is 64.7 Å². The molecule has 2 amide bonds. The highest BCUT2D eigenvalue weighted by Crippen LogP contribution is 2.32. The van der Waals surface area contributed by atoms with E-state index in [4.69, 9.17) is 11.6 Å². The number of hydrogen-bond donors (Lipinski definition) is 2. The number of halogens is 6. The first-order valence-corrected chi connectivity index (χ1v) is 11.2. The molecule has 0 aliphatic carbocycles. The fourth-order valence-corrected chi connectivity index (χ4v) is 4.10. The molecule has 1 heterocycles. The van der Waals surface area contributed by atoms with Crippen LogP contribution in [0, 0.1) is 11.6 Å². The van der Waals surface area contributed by atoms with Gasteiger partial charge in [-0.2, -0.15) is 13.2 Å². The summed E-state index contributed by atoms with van der Waals surface area (Å²) in [5, 5.41) is 5.17.